The Hall–Kier alpha value is -1.68. The molecular weight excluding hydrogens is 278 g/mol. The fourth-order valence-corrected chi connectivity index (χ4v) is 2.26. The van der Waals surface area contributed by atoms with Crippen molar-refractivity contribution in [1.29, 1.82) is 0 Å². The van der Waals surface area contributed by atoms with Gasteiger partial charge in [0.1, 0.15) is 5.82 Å². The fraction of sp³-hybridized carbons (Fsp3) is 0.0769. The molecule has 0 amide bonds. The van der Waals surface area contributed by atoms with Gasteiger partial charge >= 0.3 is 0 Å². The Kier molecular flexibility index (Phi) is 2.44. The lowest BCUT2D eigenvalue weighted by atomic mass is 10.1. The van der Waals surface area contributed by atoms with Crippen molar-refractivity contribution < 1.29 is 0 Å². The van der Waals surface area contributed by atoms with Crippen LogP contribution in [-0.4, -0.2) is 14.4 Å². The van der Waals surface area contributed by atoms with Gasteiger partial charge in [-0.15, -0.1) is 0 Å². The molecule has 0 bridgehead atoms. The Bertz CT molecular complexity index is 671. The van der Waals surface area contributed by atoms with Gasteiger partial charge in [-0.25, -0.2) is 9.97 Å². The van der Waals surface area contributed by atoms with Crippen LogP contribution in [0.4, 0.5) is 0 Å². The quantitative estimate of drug-likeness (QED) is 0.686. The van der Waals surface area contributed by atoms with Gasteiger partial charge in [-0.2, -0.15) is 0 Å². The molecule has 3 rings (SSSR count). The van der Waals surface area contributed by atoms with Crippen LogP contribution < -0.4 is 0 Å². The second kappa shape index (κ2) is 3.96. The molecule has 17 heavy (non-hydrogen) atoms. The van der Waals surface area contributed by atoms with E-state index >= 15 is 0 Å². The van der Waals surface area contributed by atoms with E-state index in [0.29, 0.717) is 0 Å². The number of aryl methyl sites for hydroxylation is 1. The second-order valence-corrected chi connectivity index (χ2v) is 4.66. The third kappa shape index (κ3) is 1.74. The van der Waals surface area contributed by atoms with Crippen molar-refractivity contribution in [3.8, 4) is 11.4 Å². The number of halogens is 1. The Morgan fingerprint density at radius 2 is 1.94 bits per heavy atom. The molecule has 0 aliphatic heterocycles. The number of aromatic nitrogens is 3. The molecule has 0 spiro atoms. The van der Waals surface area contributed by atoms with E-state index in [4.69, 9.17) is 0 Å². The second-order valence-electron chi connectivity index (χ2n) is 3.91. The topological polar surface area (TPSA) is 30.2 Å². The molecule has 0 radical (unpaired) electrons. The maximum Gasteiger partial charge on any atom is 0.171 e. The molecule has 0 saturated carbocycles. The highest BCUT2D eigenvalue weighted by Crippen LogP contribution is 2.24. The summed E-state index contributed by atoms with van der Waals surface area (Å²) in [7, 11) is 0. The van der Waals surface area contributed by atoms with Crippen molar-refractivity contribution in [2.45, 2.75) is 6.92 Å². The maximum absolute atomic E-state index is 4.51. The number of hydrogen-bond donors (Lipinski definition) is 0. The molecule has 0 atom stereocenters. The monoisotopic (exact) mass is 287 g/mol. The summed E-state index contributed by atoms with van der Waals surface area (Å²) < 4.78 is 2.75. The number of benzene rings is 1. The first-order valence-corrected chi connectivity index (χ1v) is 6.10. The molecule has 3 nitrogen and oxygen atoms in total. The molecule has 0 fully saturated rings. The van der Waals surface area contributed by atoms with Crippen molar-refractivity contribution in [2.75, 3.05) is 0 Å². The highest BCUT2D eigenvalue weighted by molar-refractivity contribution is 9.10. The maximum atomic E-state index is 4.51. The van der Waals surface area contributed by atoms with Gasteiger partial charge < -0.3 is 0 Å². The number of rotatable bonds is 1. The van der Waals surface area contributed by atoms with Crippen LogP contribution in [0, 0.1) is 6.92 Å². The summed E-state index contributed by atoms with van der Waals surface area (Å²) in [5.74, 6) is 0.903. The van der Waals surface area contributed by atoms with Crippen LogP contribution in [0.1, 0.15) is 5.56 Å². The molecule has 3 aromatic rings. The van der Waals surface area contributed by atoms with E-state index in [-0.39, 0.29) is 0 Å². The van der Waals surface area contributed by atoms with Gasteiger partial charge in [0.05, 0.1) is 0 Å². The predicted octanol–water partition coefficient (Wildman–Crippen LogP) is 3.47. The van der Waals surface area contributed by atoms with E-state index in [1.54, 1.807) is 6.20 Å². The fourth-order valence-electron chi connectivity index (χ4n) is 1.80. The number of nitrogens with zero attached hydrogens (tertiary/aromatic N) is 3. The summed E-state index contributed by atoms with van der Waals surface area (Å²) in [6, 6.07) is 10.2. The minimum absolute atomic E-state index is 0.772. The lowest BCUT2D eigenvalue weighted by Crippen LogP contribution is -1.90. The lowest BCUT2D eigenvalue weighted by molar-refractivity contribution is 1.12. The summed E-state index contributed by atoms with van der Waals surface area (Å²) in [5.41, 5.74) is 3.17. The van der Waals surface area contributed by atoms with E-state index < -0.39 is 0 Å². The zero-order valence-electron chi connectivity index (χ0n) is 9.26. The van der Waals surface area contributed by atoms with Crippen LogP contribution in [0.3, 0.4) is 0 Å². The highest BCUT2D eigenvalue weighted by atomic mass is 79.9. The Balaban J connectivity index is 2.27. The standard InChI is InChI=1S/C13H10BrN3/c1-9-3-5-10(6-4-9)12-16-11(14)13-15-7-2-8-17(12)13/h2-8H,1H3. The average molecular weight is 288 g/mol. The van der Waals surface area contributed by atoms with Crippen LogP contribution in [0.15, 0.2) is 47.3 Å². The molecule has 2 aromatic heterocycles. The third-order valence-corrected chi connectivity index (χ3v) is 3.20. The molecule has 4 heteroatoms. The summed E-state index contributed by atoms with van der Waals surface area (Å²) in [4.78, 5) is 8.80. The minimum Gasteiger partial charge on any atom is -0.283 e. The van der Waals surface area contributed by atoms with Gasteiger partial charge in [-0.3, -0.25) is 4.40 Å². The van der Waals surface area contributed by atoms with Crippen LogP contribution in [0.5, 0.6) is 0 Å². The lowest BCUT2D eigenvalue weighted by Gasteiger charge is -2.00. The van der Waals surface area contributed by atoms with Crippen LogP contribution in [0.2, 0.25) is 0 Å². The van der Waals surface area contributed by atoms with Crippen molar-refractivity contribution in [3.63, 3.8) is 0 Å². The molecule has 0 unspecified atom stereocenters. The first-order chi connectivity index (χ1) is 8.25. The summed E-state index contributed by atoms with van der Waals surface area (Å²) >= 11 is 3.44. The SMILES string of the molecule is Cc1ccc(-c2nc(Br)c3ncccn23)cc1. The Labute approximate surface area is 107 Å². The molecule has 0 aliphatic rings. The highest BCUT2D eigenvalue weighted by Gasteiger charge is 2.10. The number of hydrogen-bond acceptors (Lipinski definition) is 2. The van der Waals surface area contributed by atoms with E-state index in [1.165, 1.54) is 5.56 Å². The largest absolute Gasteiger partial charge is 0.283 e. The minimum atomic E-state index is 0.772. The van der Waals surface area contributed by atoms with E-state index in [1.807, 2.05) is 16.7 Å². The third-order valence-electron chi connectivity index (χ3n) is 2.67. The van der Waals surface area contributed by atoms with E-state index in [9.17, 15) is 0 Å². The summed E-state index contributed by atoms with van der Waals surface area (Å²) in [6.07, 6.45) is 3.73. The van der Waals surface area contributed by atoms with Gasteiger partial charge in [-0.05, 0) is 28.9 Å². The van der Waals surface area contributed by atoms with Gasteiger partial charge in [0, 0.05) is 18.0 Å². The van der Waals surface area contributed by atoms with Gasteiger partial charge in [0.2, 0.25) is 0 Å². The number of fused-ring (bicyclic) bond motifs is 1. The van der Waals surface area contributed by atoms with Crippen LogP contribution in [-0.2, 0) is 0 Å². The molecule has 1 aromatic carbocycles. The van der Waals surface area contributed by atoms with Gasteiger partial charge in [0.25, 0.3) is 0 Å². The summed E-state index contributed by atoms with van der Waals surface area (Å²) in [5, 5.41) is 0. The predicted molar refractivity (Wildman–Crippen MR) is 70.9 cm³/mol. The molecular formula is C13H10BrN3. The molecule has 0 aliphatic carbocycles. The van der Waals surface area contributed by atoms with E-state index in [2.05, 4.69) is 57.1 Å². The molecule has 2 heterocycles. The van der Waals surface area contributed by atoms with Crippen molar-refractivity contribution in [2.24, 2.45) is 0 Å². The normalized spacial score (nSPS) is 10.9. The average Bonchev–Trinajstić information content (AvgIpc) is 2.69. The molecule has 0 saturated heterocycles. The molecule has 84 valence electrons. The smallest absolute Gasteiger partial charge is 0.171 e. The van der Waals surface area contributed by atoms with Crippen LogP contribution in [0.25, 0.3) is 17.0 Å². The zero-order valence-corrected chi connectivity index (χ0v) is 10.8. The number of imidazole rings is 1. The first kappa shape index (κ1) is 10.5. The van der Waals surface area contributed by atoms with Gasteiger partial charge in [0.15, 0.2) is 10.3 Å². The van der Waals surface area contributed by atoms with E-state index in [0.717, 1.165) is 21.6 Å². The van der Waals surface area contributed by atoms with Gasteiger partial charge in [-0.1, -0.05) is 29.8 Å². The van der Waals surface area contributed by atoms with Crippen molar-refractivity contribution >= 4 is 21.6 Å². The Morgan fingerprint density at radius 1 is 1.18 bits per heavy atom. The Morgan fingerprint density at radius 3 is 2.71 bits per heavy atom. The van der Waals surface area contributed by atoms with Crippen LogP contribution >= 0.6 is 15.9 Å². The zero-order chi connectivity index (χ0) is 11.8. The van der Waals surface area contributed by atoms with Crippen molar-refractivity contribution in [3.05, 3.63) is 52.9 Å². The first-order valence-electron chi connectivity index (χ1n) is 5.31. The molecule has 0 N–H and O–H groups in total. The summed E-state index contributed by atoms with van der Waals surface area (Å²) in [6.45, 7) is 2.07. The van der Waals surface area contributed by atoms with Crippen molar-refractivity contribution in [1.82, 2.24) is 14.4 Å².